The lowest BCUT2D eigenvalue weighted by molar-refractivity contribution is 0.397. The lowest BCUT2D eigenvalue weighted by Crippen LogP contribution is -2.01. The molecule has 0 spiro atoms. The average molecular weight is 247 g/mol. The third-order valence-electron chi connectivity index (χ3n) is 2.76. The maximum absolute atomic E-state index is 5.07. The van der Waals surface area contributed by atoms with Crippen molar-refractivity contribution < 1.29 is 4.74 Å². The zero-order chi connectivity index (χ0) is 13.1. The van der Waals surface area contributed by atoms with Crippen molar-refractivity contribution >= 4 is 11.6 Å². The molecule has 0 saturated heterocycles. The second-order valence-corrected chi connectivity index (χ2v) is 3.91. The number of aryl methyl sites for hydroxylation is 2. The van der Waals surface area contributed by atoms with E-state index in [4.69, 9.17) is 4.74 Å². The molecule has 0 unspecified atom stereocenters. The Balaban J connectivity index is 2.30. The van der Waals surface area contributed by atoms with Crippen molar-refractivity contribution in [3.8, 4) is 5.88 Å². The highest BCUT2D eigenvalue weighted by molar-refractivity contribution is 5.59. The van der Waals surface area contributed by atoms with Gasteiger partial charge in [0.1, 0.15) is 0 Å². The van der Waals surface area contributed by atoms with Crippen molar-refractivity contribution in [1.82, 2.24) is 19.7 Å². The fraction of sp³-hybridized carbons (Fsp3) is 0.417. The van der Waals surface area contributed by atoms with Crippen LogP contribution in [-0.4, -0.2) is 26.9 Å². The van der Waals surface area contributed by atoms with Crippen LogP contribution in [-0.2, 0) is 6.54 Å². The summed E-state index contributed by atoms with van der Waals surface area (Å²) in [6, 6.07) is 1.71. The first kappa shape index (κ1) is 12.3. The molecule has 6 nitrogen and oxygen atoms in total. The molecule has 2 rings (SSSR count). The molecule has 0 aliphatic carbocycles. The lowest BCUT2D eigenvalue weighted by atomic mass is 10.3. The molecule has 0 radical (unpaired) electrons. The van der Waals surface area contributed by atoms with Crippen LogP contribution < -0.4 is 10.1 Å². The minimum Gasteiger partial charge on any atom is -0.481 e. The molecule has 0 aliphatic heterocycles. The monoisotopic (exact) mass is 247 g/mol. The lowest BCUT2D eigenvalue weighted by Gasteiger charge is -2.06. The third-order valence-corrected chi connectivity index (χ3v) is 2.76. The van der Waals surface area contributed by atoms with Gasteiger partial charge < -0.3 is 10.1 Å². The Morgan fingerprint density at radius 2 is 2.17 bits per heavy atom. The van der Waals surface area contributed by atoms with Crippen LogP contribution in [0.4, 0.5) is 11.6 Å². The highest BCUT2D eigenvalue weighted by atomic mass is 16.5. The zero-order valence-electron chi connectivity index (χ0n) is 11.1. The highest BCUT2D eigenvalue weighted by Gasteiger charge is 2.11. The van der Waals surface area contributed by atoms with Gasteiger partial charge in [0.15, 0.2) is 0 Å². The number of hydrogen-bond acceptors (Lipinski definition) is 5. The van der Waals surface area contributed by atoms with Crippen LogP contribution >= 0.6 is 0 Å². The quantitative estimate of drug-likeness (QED) is 0.895. The number of aromatic nitrogens is 4. The maximum atomic E-state index is 5.07. The first-order valence-electron chi connectivity index (χ1n) is 5.83. The maximum Gasteiger partial charge on any atom is 0.230 e. The standard InChI is InChI=1S/C12H17N5O/c1-5-17-9(3)11(8(2)16-17)15-12-13-7-6-10(14-12)18-4/h6-7H,5H2,1-4H3,(H,13,14,15). The molecule has 0 aromatic carbocycles. The summed E-state index contributed by atoms with van der Waals surface area (Å²) in [7, 11) is 1.58. The second kappa shape index (κ2) is 5.03. The second-order valence-electron chi connectivity index (χ2n) is 3.91. The van der Waals surface area contributed by atoms with Gasteiger partial charge in [-0.2, -0.15) is 10.1 Å². The van der Waals surface area contributed by atoms with Gasteiger partial charge in [0, 0.05) is 18.8 Å². The number of anilines is 2. The van der Waals surface area contributed by atoms with Crippen LogP contribution in [0.2, 0.25) is 0 Å². The van der Waals surface area contributed by atoms with Crippen molar-refractivity contribution in [2.45, 2.75) is 27.3 Å². The zero-order valence-corrected chi connectivity index (χ0v) is 11.1. The average Bonchev–Trinajstić information content (AvgIpc) is 2.66. The van der Waals surface area contributed by atoms with E-state index in [0.717, 1.165) is 23.6 Å². The van der Waals surface area contributed by atoms with Crippen molar-refractivity contribution in [2.75, 3.05) is 12.4 Å². The molecule has 0 atom stereocenters. The van der Waals surface area contributed by atoms with E-state index in [-0.39, 0.29) is 0 Å². The van der Waals surface area contributed by atoms with Gasteiger partial charge in [0.05, 0.1) is 24.2 Å². The Bertz CT molecular complexity index is 549. The molecule has 0 fully saturated rings. The van der Waals surface area contributed by atoms with Crippen molar-refractivity contribution in [3.63, 3.8) is 0 Å². The Kier molecular flexibility index (Phi) is 3.45. The Morgan fingerprint density at radius 1 is 1.39 bits per heavy atom. The minimum absolute atomic E-state index is 0.510. The first-order valence-corrected chi connectivity index (χ1v) is 5.83. The third kappa shape index (κ3) is 2.27. The number of nitrogens with zero attached hydrogens (tertiary/aromatic N) is 4. The molecule has 96 valence electrons. The smallest absolute Gasteiger partial charge is 0.230 e. The predicted molar refractivity (Wildman–Crippen MR) is 69.2 cm³/mol. The van der Waals surface area contributed by atoms with Crippen LogP contribution in [0.5, 0.6) is 5.88 Å². The molecule has 2 heterocycles. The van der Waals surface area contributed by atoms with E-state index in [1.165, 1.54) is 0 Å². The largest absolute Gasteiger partial charge is 0.481 e. The summed E-state index contributed by atoms with van der Waals surface area (Å²) >= 11 is 0. The Labute approximate surface area is 106 Å². The van der Waals surface area contributed by atoms with Crippen LogP contribution in [0, 0.1) is 13.8 Å². The molecular weight excluding hydrogens is 230 g/mol. The molecule has 6 heteroatoms. The predicted octanol–water partition coefficient (Wildman–Crippen LogP) is 2.06. The summed E-state index contributed by atoms with van der Waals surface area (Å²) < 4.78 is 7.01. The van der Waals surface area contributed by atoms with Gasteiger partial charge in [0.25, 0.3) is 0 Å². The molecule has 2 aromatic heterocycles. The van der Waals surface area contributed by atoms with Gasteiger partial charge in [0.2, 0.25) is 11.8 Å². The van der Waals surface area contributed by atoms with E-state index in [2.05, 4.69) is 27.3 Å². The van der Waals surface area contributed by atoms with E-state index in [9.17, 15) is 0 Å². The number of rotatable bonds is 4. The van der Waals surface area contributed by atoms with E-state index in [0.29, 0.717) is 11.8 Å². The Hall–Kier alpha value is -2.11. The van der Waals surface area contributed by atoms with Crippen molar-refractivity contribution in [3.05, 3.63) is 23.7 Å². The van der Waals surface area contributed by atoms with Crippen LogP contribution in [0.25, 0.3) is 0 Å². The van der Waals surface area contributed by atoms with E-state index in [1.54, 1.807) is 19.4 Å². The molecule has 1 N–H and O–H groups in total. The van der Waals surface area contributed by atoms with Crippen LogP contribution in [0.15, 0.2) is 12.3 Å². The summed E-state index contributed by atoms with van der Waals surface area (Å²) in [6.07, 6.45) is 1.66. The van der Waals surface area contributed by atoms with Gasteiger partial charge in [-0.25, -0.2) is 4.98 Å². The van der Waals surface area contributed by atoms with Crippen molar-refractivity contribution in [1.29, 1.82) is 0 Å². The molecule has 0 aliphatic rings. The molecule has 0 bridgehead atoms. The number of nitrogens with one attached hydrogen (secondary N) is 1. The molecular formula is C12H17N5O. The van der Waals surface area contributed by atoms with Gasteiger partial charge in [-0.15, -0.1) is 0 Å². The molecule has 2 aromatic rings. The van der Waals surface area contributed by atoms with Crippen LogP contribution in [0.1, 0.15) is 18.3 Å². The number of ether oxygens (including phenoxy) is 1. The van der Waals surface area contributed by atoms with Crippen LogP contribution in [0.3, 0.4) is 0 Å². The van der Waals surface area contributed by atoms with Gasteiger partial charge in [-0.1, -0.05) is 0 Å². The topological polar surface area (TPSA) is 64.9 Å². The Morgan fingerprint density at radius 3 is 2.78 bits per heavy atom. The van der Waals surface area contributed by atoms with E-state index < -0.39 is 0 Å². The summed E-state index contributed by atoms with van der Waals surface area (Å²) in [5, 5.41) is 7.62. The minimum atomic E-state index is 0.510. The van der Waals surface area contributed by atoms with E-state index in [1.807, 2.05) is 18.5 Å². The molecule has 0 amide bonds. The van der Waals surface area contributed by atoms with Crippen molar-refractivity contribution in [2.24, 2.45) is 0 Å². The fourth-order valence-electron chi connectivity index (χ4n) is 1.81. The molecule has 18 heavy (non-hydrogen) atoms. The summed E-state index contributed by atoms with van der Waals surface area (Å²) in [5.41, 5.74) is 2.95. The SMILES string of the molecule is CCn1nc(C)c(Nc2nccc(OC)n2)c1C. The summed E-state index contributed by atoms with van der Waals surface area (Å²) in [6.45, 7) is 6.88. The summed E-state index contributed by atoms with van der Waals surface area (Å²) in [5.74, 6) is 1.04. The fourth-order valence-corrected chi connectivity index (χ4v) is 1.81. The van der Waals surface area contributed by atoms with Gasteiger partial charge in [-0.05, 0) is 20.8 Å². The molecule has 0 saturated carbocycles. The van der Waals surface area contributed by atoms with Gasteiger partial charge >= 0.3 is 0 Å². The van der Waals surface area contributed by atoms with E-state index >= 15 is 0 Å². The summed E-state index contributed by atoms with van der Waals surface area (Å²) in [4.78, 5) is 8.38. The normalized spacial score (nSPS) is 10.4. The number of hydrogen-bond donors (Lipinski definition) is 1. The first-order chi connectivity index (χ1) is 8.65. The number of methoxy groups -OCH3 is 1. The van der Waals surface area contributed by atoms with Gasteiger partial charge in [-0.3, -0.25) is 4.68 Å². The highest BCUT2D eigenvalue weighted by Crippen LogP contribution is 2.22.